The molecule has 1 aliphatic carbocycles. The second-order valence-electron chi connectivity index (χ2n) is 10.1. The third-order valence-electron chi connectivity index (χ3n) is 7.69. The summed E-state index contributed by atoms with van der Waals surface area (Å²) in [7, 11) is 0. The summed E-state index contributed by atoms with van der Waals surface area (Å²) >= 11 is 0. The number of carbonyl (C=O) groups excluding carboxylic acids is 2. The number of carbonyl (C=O) groups is 2. The number of hydrogen-bond donors (Lipinski definition) is 4. The fraction of sp³-hybridized carbons (Fsp3) is 0.235. The molecule has 0 atom stereocenters. The zero-order chi connectivity index (χ0) is 28.6. The van der Waals surface area contributed by atoms with E-state index in [1.165, 1.54) is 0 Å². The first-order valence-corrected chi connectivity index (χ1v) is 13.9. The van der Waals surface area contributed by atoms with E-state index in [1.54, 1.807) is 48.5 Å². The van der Waals surface area contributed by atoms with Gasteiger partial charge in [-0.2, -0.15) is 0 Å². The van der Waals surface area contributed by atoms with Gasteiger partial charge in [-0.1, -0.05) is 52.0 Å². The lowest BCUT2D eigenvalue weighted by atomic mass is 9.82. The first-order valence-electron chi connectivity index (χ1n) is 13.9. The Hall–Kier alpha value is -4.58. The number of nitrogens with one attached hydrogen (secondary N) is 2. The van der Waals surface area contributed by atoms with E-state index < -0.39 is 0 Å². The molecule has 0 unspecified atom stereocenters. The second kappa shape index (κ2) is 10.9. The summed E-state index contributed by atoms with van der Waals surface area (Å²) in [5.41, 5.74) is 7.85. The maximum absolute atomic E-state index is 14.0. The number of rotatable bonds is 8. The van der Waals surface area contributed by atoms with Crippen molar-refractivity contribution in [3.8, 4) is 11.5 Å². The van der Waals surface area contributed by atoms with Gasteiger partial charge in [0, 0.05) is 22.5 Å². The van der Waals surface area contributed by atoms with E-state index in [9.17, 15) is 19.8 Å². The van der Waals surface area contributed by atoms with Crippen molar-refractivity contribution >= 4 is 34.3 Å². The molecule has 0 saturated carbocycles. The Labute approximate surface area is 234 Å². The molecular weight excluding hydrogens is 500 g/mol. The maximum atomic E-state index is 14.0. The van der Waals surface area contributed by atoms with Gasteiger partial charge in [0.1, 0.15) is 11.5 Å². The van der Waals surface area contributed by atoms with Crippen LogP contribution in [0.1, 0.15) is 81.8 Å². The molecule has 4 N–H and O–H groups in total. The summed E-state index contributed by atoms with van der Waals surface area (Å²) in [6.45, 7) is 8.06. The van der Waals surface area contributed by atoms with Gasteiger partial charge in [-0.3, -0.25) is 9.59 Å². The third kappa shape index (κ3) is 4.60. The third-order valence-corrected chi connectivity index (χ3v) is 7.69. The molecular formula is C34H34N2O4. The molecule has 0 spiro atoms. The number of hydrogen-bond acceptors (Lipinski definition) is 6. The molecule has 0 aromatic heterocycles. The maximum Gasteiger partial charge on any atom is 0.196 e. The van der Waals surface area contributed by atoms with Crippen molar-refractivity contribution in [2.75, 3.05) is 10.6 Å². The zero-order valence-electron chi connectivity index (χ0n) is 23.3. The van der Waals surface area contributed by atoms with Crippen molar-refractivity contribution in [1.29, 1.82) is 0 Å². The number of phenols is 2. The number of aromatic hydroxyl groups is 2. The quantitative estimate of drug-likeness (QED) is 0.153. The van der Waals surface area contributed by atoms with E-state index in [2.05, 4.69) is 10.6 Å². The first-order chi connectivity index (χ1) is 19.3. The summed E-state index contributed by atoms with van der Waals surface area (Å²) in [5.74, 6) is -0.0338. The smallest absolute Gasteiger partial charge is 0.196 e. The molecule has 0 heterocycles. The largest absolute Gasteiger partial charge is 0.508 e. The number of anilines is 4. The summed E-state index contributed by atoms with van der Waals surface area (Å²) in [5, 5.41) is 27.5. The Morgan fingerprint density at radius 2 is 0.875 bits per heavy atom. The summed E-state index contributed by atoms with van der Waals surface area (Å²) < 4.78 is 0. The SMILES string of the molecule is CCc1cc(O)cc(CC)c1Nc1ccc(Nc2c(CC)cc(O)cc2CC)c2c1C(=O)c1ccccc1C2=O. The minimum atomic E-state index is -0.219. The lowest BCUT2D eigenvalue weighted by Crippen LogP contribution is -2.23. The van der Waals surface area contributed by atoms with Crippen LogP contribution in [0, 0.1) is 0 Å². The first kappa shape index (κ1) is 27.0. The molecule has 5 rings (SSSR count). The van der Waals surface area contributed by atoms with Gasteiger partial charge in [0.15, 0.2) is 11.6 Å². The molecule has 6 heteroatoms. The summed E-state index contributed by atoms with van der Waals surface area (Å²) in [6, 6.07) is 17.5. The van der Waals surface area contributed by atoms with Gasteiger partial charge in [-0.15, -0.1) is 0 Å². The van der Waals surface area contributed by atoms with Crippen LogP contribution in [0.4, 0.5) is 22.7 Å². The molecule has 1 aliphatic rings. The van der Waals surface area contributed by atoms with E-state index in [0.717, 1.165) is 33.6 Å². The normalized spacial score (nSPS) is 12.2. The number of phenolic OH excluding ortho intramolecular Hbond substituents is 2. The van der Waals surface area contributed by atoms with E-state index in [1.807, 2.05) is 39.8 Å². The molecule has 0 fully saturated rings. The monoisotopic (exact) mass is 534 g/mol. The van der Waals surface area contributed by atoms with Gasteiger partial charge in [0.2, 0.25) is 0 Å². The van der Waals surface area contributed by atoms with E-state index in [0.29, 0.717) is 59.3 Å². The highest BCUT2D eigenvalue weighted by Crippen LogP contribution is 2.41. The highest BCUT2D eigenvalue weighted by Gasteiger charge is 2.34. The van der Waals surface area contributed by atoms with Gasteiger partial charge >= 0.3 is 0 Å². The molecule has 40 heavy (non-hydrogen) atoms. The van der Waals surface area contributed by atoms with Crippen molar-refractivity contribution < 1.29 is 19.8 Å². The Morgan fingerprint density at radius 1 is 0.550 bits per heavy atom. The number of fused-ring (bicyclic) bond motifs is 2. The predicted octanol–water partition coefficient (Wildman–Crippen LogP) is 7.61. The van der Waals surface area contributed by atoms with E-state index >= 15 is 0 Å². The van der Waals surface area contributed by atoms with Crippen LogP contribution in [0.15, 0.2) is 60.7 Å². The van der Waals surface area contributed by atoms with Crippen LogP contribution in [0.5, 0.6) is 11.5 Å². The number of benzene rings is 4. The molecule has 0 aliphatic heterocycles. The lowest BCUT2D eigenvalue weighted by molar-refractivity contribution is 0.0980. The van der Waals surface area contributed by atoms with Gasteiger partial charge < -0.3 is 20.8 Å². The van der Waals surface area contributed by atoms with Gasteiger partial charge in [-0.25, -0.2) is 0 Å². The van der Waals surface area contributed by atoms with Crippen molar-refractivity contribution in [2.45, 2.75) is 53.4 Å². The van der Waals surface area contributed by atoms with Gasteiger partial charge in [0.25, 0.3) is 0 Å². The van der Waals surface area contributed by atoms with Gasteiger partial charge in [-0.05, 0) is 84.3 Å². The molecule has 0 amide bonds. The highest BCUT2D eigenvalue weighted by molar-refractivity contribution is 6.32. The van der Waals surface area contributed by atoms with Crippen LogP contribution in [0.3, 0.4) is 0 Å². The fourth-order valence-electron chi connectivity index (χ4n) is 5.64. The molecule has 204 valence electrons. The molecule has 0 radical (unpaired) electrons. The standard InChI is InChI=1S/C34H34N2O4/c1-5-19-15-23(37)16-20(6-2)31(19)35-27-13-14-28(36-32-21(7-3)17-24(38)18-22(32)8-4)30-29(27)33(39)25-11-9-10-12-26(25)34(30)40/h9-18,35-38H,5-8H2,1-4H3. The number of ketones is 2. The van der Waals surface area contributed by atoms with Crippen LogP contribution in [-0.2, 0) is 25.7 Å². The highest BCUT2D eigenvalue weighted by atomic mass is 16.3. The molecule has 4 aromatic carbocycles. The minimum Gasteiger partial charge on any atom is -0.508 e. The molecule has 0 bridgehead atoms. The van der Waals surface area contributed by atoms with E-state index in [-0.39, 0.29) is 23.1 Å². The topological polar surface area (TPSA) is 98.7 Å². The Kier molecular flexibility index (Phi) is 7.35. The molecule has 6 nitrogen and oxygen atoms in total. The van der Waals surface area contributed by atoms with Crippen LogP contribution in [-0.4, -0.2) is 21.8 Å². The summed E-state index contributed by atoms with van der Waals surface area (Å²) in [6.07, 6.45) is 2.73. The van der Waals surface area contributed by atoms with Crippen molar-refractivity contribution in [3.63, 3.8) is 0 Å². The zero-order valence-corrected chi connectivity index (χ0v) is 23.3. The van der Waals surface area contributed by atoms with E-state index in [4.69, 9.17) is 0 Å². The van der Waals surface area contributed by atoms with Crippen molar-refractivity contribution in [1.82, 2.24) is 0 Å². The average Bonchev–Trinajstić information content (AvgIpc) is 2.97. The fourth-order valence-corrected chi connectivity index (χ4v) is 5.64. The Bertz CT molecular complexity index is 1480. The second-order valence-corrected chi connectivity index (χ2v) is 10.1. The number of aryl methyl sites for hydroxylation is 4. The van der Waals surface area contributed by atoms with Crippen LogP contribution < -0.4 is 10.6 Å². The van der Waals surface area contributed by atoms with Crippen LogP contribution in [0.2, 0.25) is 0 Å². The Balaban J connectivity index is 1.73. The lowest BCUT2D eigenvalue weighted by Gasteiger charge is -2.26. The molecule has 4 aromatic rings. The van der Waals surface area contributed by atoms with Crippen molar-refractivity contribution in [3.05, 3.63) is 105 Å². The van der Waals surface area contributed by atoms with Gasteiger partial charge in [0.05, 0.1) is 22.5 Å². The summed E-state index contributed by atoms with van der Waals surface area (Å²) in [4.78, 5) is 28.1. The van der Waals surface area contributed by atoms with Crippen LogP contribution >= 0.6 is 0 Å². The molecule has 0 saturated heterocycles. The predicted molar refractivity (Wildman–Crippen MR) is 160 cm³/mol. The van der Waals surface area contributed by atoms with Crippen molar-refractivity contribution in [2.24, 2.45) is 0 Å². The minimum absolute atomic E-state index is 0.202. The Morgan fingerprint density at radius 3 is 1.18 bits per heavy atom. The average molecular weight is 535 g/mol. The van der Waals surface area contributed by atoms with Crippen LogP contribution in [0.25, 0.3) is 0 Å².